The number of carbonyl (C=O) groups is 3. The number of aryl methyl sites for hydroxylation is 2. The van der Waals surface area contributed by atoms with Crippen LogP contribution in [0.4, 0.5) is 10.7 Å². The molecule has 0 unspecified atom stereocenters. The van der Waals surface area contributed by atoms with Gasteiger partial charge >= 0.3 is 6.03 Å². The standard InChI is InChI=1S/C23H29N5O3/c1-14-7-9-23(10-8-14)20(30)28(22(31)26-23)13-19(29)25-21-24-12-18(27(21)4)17-6-5-15(2)16(3)11-17/h5-6,11-12,14H,7-10,13H2,1-4H3,(H,26,31)(H,24,25,29). The van der Waals surface area contributed by atoms with Gasteiger partial charge < -0.3 is 9.88 Å². The van der Waals surface area contributed by atoms with Gasteiger partial charge in [0.25, 0.3) is 5.91 Å². The Bertz CT molecular complexity index is 1050. The van der Waals surface area contributed by atoms with Crippen LogP contribution in [0.15, 0.2) is 24.4 Å². The van der Waals surface area contributed by atoms with Crippen molar-refractivity contribution in [1.29, 1.82) is 0 Å². The van der Waals surface area contributed by atoms with E-state index in [0.717, 1.165) is 29.0 Å². The monoisotopic (exact) mass is 423 g/mol. The first-order valence-electron chi connectivity index (χ1n) is 10.7. The molecule has 31 heavy (non-hydrogen) atoms. The zero-order valence-electron chi connectivity index (χ0n) is 18.5. The summed E-state index contributed by atoms with van der Waals surface area (Å²) in [6, 6.07) is 5.65. The number of benzene rings is 1. The lowest BCUT2D eigenvalue weighted by Gasteiger charge is -2.33. The van der Waals surface area contributed by atoms with Crippen molar-refractivity contribution in [1.82, 2.24) is 19.8 Å². The van der Waals surface area contributed by atoms with E-state index in [4.69, 9.17) is 0 Å². The molecule has 4 amide bonds. The molecule has 1 saturated carbocycles. The van der Waals surface area contributed by atoms with Crippen molar-refractivity contribution in [3.05, 3.63) is 35.5 Å². The maximum atomic E-state index is 12.9. The summed E-state index contributed by atoms with van der Waals surface area (Å²) in [5.74, 6) is 0.161. The highest BCUT2D eigenvalue weighted by molar-refractivity contribution is 6.10. The number of rotatable bonds is 4. The molecule has 2 heterocycles. The average Bonchev–Trinajstić information content (AvgIpc) is 3.19. The van der Waals surface area contributed by atoms with Crippen LogP contribution < -0.4 is 10.6 Å². The van der Waals surface area contributed by atoms with Crippen molar-refractivity contribution in [3.8, 4) is 11.3 Å². The molecular formula is C23H29N5O3. The maximum absolute atomic E-state index is 12.9. The Labute approximate surface area is 182 Å². The number of nitrogens with zero attached hydrogens (tertiary/aromatic N) is 3. The maximum Gasteiger partial charge on any atom is 0.325 e. The van der Waals surface area contributed by atoms with E-state index in [1.807, 2.05) is 13.1 Å². The summed E-state index contributed by atoms with van der Waals surface area (Å²) < 4.78 is 1.79. The molecule has 0 atom stereocenters. The van der Waals surface area contributed by atoms with Crippen LogP contribution >= 0.6 is 0 Å². The van der Waals surface area contributed by atoms with Gasteiger partial charge in [0.2, 0.25) is 11.9 Å². The molecule has 2 aliphatic rings. The van der Waals surface area contributed by atoms with E-state index in [-0.39, 0.29) is 12.5 Å². The van der Waals surface area contributed by atoms with E-state index in [1.54, 1.807) is 10.8 Å². The van der Waals surface area contributed by atoms with E-state index in [0.29, 0.717) is 24.7 Å². The fraction of sp³-hybridized carbons (Fsp3) is 0.478. The van der Waals surface area contributed by atoms with Crippen LogP contribution in [-0.2, 0) is 16.6 Å². The van der Waals surface area contributed by atoms with Crippen LogP contribution in [0, 0.1) is 19.8 Å². The first-order valence-corrected chi connectivity index (χ1v) is 10.7. The molecule has 1 aliphatic carbocycles. The first-order chi connectivity index (χ1) is 14.7. The number of imidazole rings is 1. The van der Waals surface area contributed by atoms with E-state index in [9.17, 15) is 14.4 Å². The van der Waals surface area contributed by atoms with E-state index in [2.05, 4.69) is 48.5 Å². The molecule has 1 saturated heterocycles. The summed E-state index contributed by atoms with van der Waals surface area (Å²) >= 11 is 0. The zero-order valence-corrected chi connectivity index (χ0v) is 18.5. The molecule has 8 nitrogen and oxygen atoms in total. The summed E-state index contributed by atoms with van der Waals surface area (Å²) in [4.78, 5) is 43.4. The van der Waals surface area contributed by atoms with Gasteiger partial charge in [0.05, 0.1) is 11.9 Å². The molecular weight excluding hydrogens is 394 g/mol. The molecule has 8 heteroatoms. The molecule has 1 spiro atoms. The number of nitrogens with one attached hydrogen (secondary N) is 2. The van der Waals surface area contributed by atoms with Gasteiger partial charge in [-0.2, -0.15) is 0 Å². The Morgan fingerprint density at radius 3 is 2.61 bits per heavy atom. The summed E-state index contributed by atoms with van der Waals surface area (Å²) in [5, 5.41) is 5.57. The molecule has 164 valence electrons. The van der Waals surface area contributed by atoms with E-state index < -0.39 is 17.5 Å². The second-order valence-corrected chi connectivity index (χ2v) is 8.96. The Morgan fingerprint density at radius 1 is 1.23 bits per heavy atom. The van der Waals surface area contributed by atoms with Crippen molar-refractivity contribution in [3.63, 3.8) is 0 Å². The van der Waals surface area contributed by atoms with Crippen LogP contribution in [-0.4, -0.2) is 44.4 Å². The minimum absolute atomic E-state index is 0.296. The highest BCUT2D eigenvalue weighted by Crippen LogP contribution is 2.36. The number of hydrogen-bond donors (Lipinski definition) is 2. The second-order valence-electron chi connectivity index (χ2n) is 8.96. The van der Waals surface area contributed by atoms with Gasteiger partial charge in [-0.25, -0.2) is 9.78 Å². The van der Waals surface area contributed by atoms with E-state index in [1.165, 1.54) is 11.1 Å². The highest BCUT2D eigenvalue weighted by Gasteiger charge is 2.52. The second kappa shape index (κ2) is 7.83. The number of urea groups is 1. The van der Waals surface area contributed by atoms with Crippen LogP contribution in [0.5, 0.6) is 0 Å². The van der Waals surface area contributed by atoms with E-state index >= 15 is 0 Å². The largest absolute Gasteiger partial charge is 0.325 e. The molecule has 2 fully saturated rings. The molecule has 0 bridgehead atoms. The summed E-state index contributed by atoms with van der Waals surface area (Å²) in [6.45, 7) is 5.93. The minimum atomic E-state index is -0.844. The Morgan fingerprint density at radius 2 is 1.94 bits per heavy atom. The molecule has 2 aromatic rings. The van der Waals surface area contributed by atoms with Crippen LogP contribution in [0.1, 0.15) is 43.7 Å². The van der Waals surface area contributed by atoms with Gasteiger partial charge in [-0.05, 0) is 62.6 Å². The van der Waals surface area contributed by atoms with Gasteiger partial charge in [-0.1, -0.05) is 19.1 Å². The fourth-order valence-corrected chi connectivity index (χ4v) is 4.42. The zero-order chi connectivity index (χ0) is 22.3. The molecule has 2 N–H and O–H groups in total. The third-order valence-corrected chi connectivity index (χ3v) is 6.72. The van der Waals surface area contributed by atoms with Crippen molar-refractivity contribution in [2.45, 2.75) is 52.0 Å². The van der Waals surface area contributed by atoms with Gasteiger partial charge in [0.1, 0.15) is 12.1 Å². The van der Waals surface area contributed by atoms with Crippen molar-refractivity contribution < 1.29 is 14.4 Å². The predicted octanol–water partition coefficient (Wildman–Crippen LogP) is 3.14. The molecule has 1 aliphatic heterocycles. The predicted molar refractivity (Wildman–Crippen MR) is 117 cm³/mol. The van der Waals surface area contributed by atoms with Crippen LogP contribution in [0.25, 0.3) is 11.3 Å². The number of anilines is 1. The van der Waals surface area contributed by atoms with Crippen molar-refractivity contribution in [2.75, 3.05) is 11.9 Å². The smallest absolute Gasteiger partial charge is 0.323 e. The van der Waals surface area contributed by atoms with Gasteiger partial charge in [0.15, 0.2) is 0 Å². The highest BCUT2D eigenvalue weighted by atomic mass is 16.2. The van der Waals surface area contributed by atoms with Crippen LogP contribution in [0.2, 0.25) is 0 Å². The number of hydrogen-bond acceptors (Lipinski definition) is 4. The lowest BCUT2D eigenvalue weighted by Crippen LogP contribution is -2.49. The number of amides is 4. The average molecular weight is 424 g/mol. The SMILES string of the molecule is Cc1ccc(-c2cnc(NC(=O)CN3C(=O)NC4(CCC(C)CC4)C3=O)n2C)cc1C. The number of carbonyl (C=O) groups excluding carboxylic acids is 3. The summed E-state index contributed by atoms with van der Waals surface area (Å²) in [5.41, 5.74) is 3.40. The number of imide groups is 1. The summed E-state index contributed by atoms with van der Waals surface area (Å²) in [6.07, 6.45) is 4.72. The Balaban J connectivity index is 1.45. The third-order valence-electron chi connectivity index (χ3n) is 6.72. The molecule has 1 aromatic heterocycles. The lowest BCUT2D eigenvalue weighted by molar-refractivity contribution is -0.135. The van der Waals surface area contributed by atoms with Gasteiger partial charge in [-0.3, -0.25) is 19.8 Å². The van der Waals surface area contributed by atoms with Gasteiger partial charge in [-0.15, -0.1) is 0 Å². The lowest BCUT2D eigenvalue weighted by atomic mass is 9.77. The topological polar surface area (TPSA) is 96.3 Å². The van der Waals surface area contributed by atoms with Crippen molar-refractivity contribution >= 4 is 23.8 Å². The minimum Gasteiger partial charge on any atom is -0.323 e. The summed E-state index contributed by atoms with van der Waals surface area (Å²) in [7, 11) is 1.82. The first kappa shape index (κ1) is 21.1. The quantitative estimate of drug-likeness (QED) is 0.739. The third kappa shape index (κ3) is 3.82. The molecule has 1 aromatic carbocycles. The number of aromatic nitrogens is 2. The molecule has 0 radical (unpaired) electrons. The van der Waals surface area contributed by atoms with Gasteiger partial charge in [0, 0.05) is 12.6 Å². The van der Waals surface area contributed by atoms with Crippen LogP contribution in [0.3, 0.4) is 0 Å². The fourth-order valence-electron chi connectivity index (χ4n) is 4.42. The molecule has 4 rings (SSSR count). The Hall–Kier alpha value is -3.16. The Kier molecular flexibility index (Phi) is 5.33. The normalized spacial score (nSPS) is 23.4. The van der Waals surface area contributed by atoms with Crippen molar-refractivity contribution in [2.24, 2.45) is 13.0 Å².